The van der Waals surface area contributed by atoms with Crippen molar-refractivity contribution in [3.8, 4) is 17.2 Å². The van der Waals surface area contributed by atoms with Crippen LogP contribution in [0.25, 0.3) is 0 Å². The summed E-state index contributed by atoms with van der Waals surface area (Å²) in [6, 6.07) is 10.7. The summed E-state index contributed by atoms with van der Waals surface area (Å²) in [5.74, 6) is 1.60. The van der Waals surface area contributed by atoms with Crippen LogP contribution in [0.4, 0.5) is 5.69 Å². The molecule has 30 heavy (non-hydrogen) atoms. The van der Waals surface area contributed by atoms with E-state index >= 15 is 0 Å². The lowest BCUT2D eigenvalue weighted by atomic mass is 10.2. The van der Waals surface area contributed by atoms with Gasteiger partial charge < -0.3 is 19.5 Å². The maximum absolute atomic E-state index is 12.7. The van der Waals surface area contributed by atoms with E-state index < -0.39 is 16.1 Å². The van der Waals surface area contributed by atoms with Crippen LogP contribution < -0.4 is 24.2 Å². The molecule has 1 aliphatic rings. The molecule has 0 unspecified atom stereocenters. The lowest BCUT2D eigenvalue weighted by molar-refractivity contribution is -0.127. The summed E-state index contributed by atoms with van der Waals surface area (Å²) in [5.41, 5.74) is 0.370. The van der Waals surface area contributed by atoms with Gasteiger partial charge >= 0.3 is 0 Å². The molecule has 0 radical (unpaired) electrons. The number of ether oxygens (including phenoxy) is 3. The van der Waals surface area contributed by atoms with E-state index in [4.69, 9.17) is 14.2 Å². The van der Waals surface area contributed by atoms with Gasteiger partial charge in [-0.2, -0.15) is 0 Å². The molecule has 0 saturated heterocycles. The molecule has 1 amide bonds. The molecule has 9 heteroatoms. The van der Waals surface area contributed by atoms with Gasteiger partial charge in [-0.25, -0.2) is 8.42 Å². The van der Waals surface area contributed by atoms with Crippen LogP contribution in [0.15, 0.2) is 47.4 Å². The molecule has 1 atom stereocenters. The summed E-state index contributed by atoms with van der Waals surface area (Å²) in [6.45, 7) is 7.09. The highest BCUT2D eigenvalue weighted by Crippen LogP contribution is 2.33. The molecule has 8 nitrogen and oxygen atoms in total. The van der Waals surface area contributed by atoms with E-state index in [1.807, 2.05) is 13.8 Å². The Kier molecular flexibility index (Phi) is 6.71. The van der Waals surface area contributed by atoms with Crippen LogP contribution in [0.3, 0.4) is 0 Å². The van der Waals surface area contributed by atoms with Crippen LogP contribution in [0.2, 0.25) is 0 Å². The summed E-state index contributed by atoms with van der Waals surface area (Å²) in [7, 11) is -3.80. The second-order valence-corrected chi connectivity index (χ2v) is 9.02. The fourth-order valence-corrected chi connectivity index (χ4v) is 3.77. The smallest absolute Gasteiger partial charge is 0.261 e. The molecule has 1 aliphatic heterocycles. The average molecular weight is 435 g/mol. The number of benzene rings is 2. The van der Waals surface area contributed by atoms with Crippen molar-refractivity contribution in [2.75, 3.05) is 24.5 Å². The van der Waals surface area contributed by atoms with Gasteiger partial charge in [-0.15, -0.1) is 0 Å². The Morgan fingerprint density at radius 2 is 1.70 bits per heavy atom. The maximum atomic E-state index is 12.7. The molecule has 0 saturated carbocycles. The molecule has 1 heterocycles. The van der Waals surface area contributed by atoms with E-state index in [1.165, 1.54) is 24.3 Å². The van der Waals surface area contributed by atoms with Crippen LogP contribution in [-0.4, -0.2) is 40.2 Å². The van der Waals surface area contributed by atoms with E-state index in [1.54, 1.807) is 25.1 Å². The molecule has 0 aromatic heterocycles. The standard InChI is InChI=1S/C21H26N2O6S/c1-14(2)13-22-21(24)15(3)29-17-5-7-18(8-6-17)30(25,26)23-16-4-9-19-20(12-16)28-11-10-27-19/h4-9,12,14-15,23H,10-11,13H2,1-3H3,(H,22,24)/t15-/m0/s1. The van der Waals surface area contributed by atoms with E-state index in [0.29, 0.717) is 48.6 Å². The normalized spacial score (nSPS) is 14.1. The zero-order valence-corrected chi connectivity index (χ0v) is 18.0. The number of carbonyl (C=O) groups is 1. The van der Waals surface area contributed by atoms with Gasteiger partial charge in [0.25, 0.3) is 15.9 Å². The number of hydrogen-bond donors (Lipinski definition) is 2. The maximum Gasteiger partial charge on any atom is 0.261 e. The number of amides is 1. The zero-order chi connectivity index (χ0) is 21.7. The van der Waals surface area contributed by atoms with E-state index in [0.717, 1.165) is 0 Å². The van der Waals surface area contributed by atoms with Crippen molar-refractivity contribution >= 4 is 21.6 Å². The molecule has 2 aromatic rings. The fraction of sp³-hybridized carbons (Fsp3) is 0.381. The first-order chi connectivity index (χ1) is 14.2. The van der Waals surface area contributed by atoms with Crippen molar-refractivity contribution in [1.82, 2.24) is 5.32 Å². The van der Waals surface area contributed by atoms with Crippen LogP contribution >= 0.6 is 0 Å². The second kappa shape index (κ2) is 9.25. The number of sulfonamides is 1. The molecule has 0 fully saturated rings. The highest BCUT2D eigenvalue weighted by molar-refractivity contribution is 7.92. The topological polar surface area (TPSA) is 103 Å². The monoisotopic (exact) mass is 434 g/mol. The molecular weight excluding hydrogens is 408 g/mol. The van der Waals surface area contributed by atoms with Gasteiger partial charge in [0.2, 0.25) is 0 Å². The van der Waals surface area contributed by atoms with Gasteiger partial charge in [0, 0.05) is 12.6 Å². The summed E-state index contributed by atoms with van der Waals surface area (Å²) in [6.07, 6.45) is -0.693. The number of carbonyl (C=O) groups excluding carboxylic acids is 1. The van der Waals surface area contributed by atoms with Crippen molar-refractivity contribution < 1.29 is 27.4 Å². The predicted octanol–water partition coefficient (Wildman–Crippen LogP) is 2.80. The minimum Gasteiger partial charge on any atom is -0.486 e. The summed E-state index contributed by atoms with van der Waals surface area (Å²) < 4.78 is 44.4. The average Bonchev–Trinajstić information content (AvgIpc) is 2.72. The minimum absolute atomic E-state index is 0.0710. The van der Waals surface area contributed by atoms with E-state index in [9.17, 15) is 13.2 Å². The minimum atomic E-state index is -3.80. The third-order valence-electron chi connectivity index (χ3n) is 4.30. The number of fused-ring (bicyclic) bond motifs is 1. The van der Waals surface area contributed by atoms with Gasteiger partial charge in [-0.1, -0.05) is 13.8 Å². The summed E-state index contributed by atoms with van der Waals surface area (Å²) >= 11 is 0. The Morgan fingerprint density at radius 1 is 1.03 bits per heavy atom. The van der Waals surface area contributed by atoms with Crippen molar-refractivity contribution in [2.45, 2.75) is 31.8 Å². The number of hydrogen-bond acceptors (Lipinski definition) is 6. The quantitative estimate of drug-likeness (QED) is 0.662. The first kappa shape index (κ1) is 21.8. The van der Waals surface area contributed by atoms with Crippen LogP contribution in [0.5, 0.6) is 17.2 Å². The zero-order valence-electron chi connectivity index (χ0n) is 17.2. The Hall–Kier alpha value is -2.94. The number of nitrogens with one attached hydrogen (secondary N) is 2. The van der Waals surface area contributed by atoms with Crippen molar-refractivity contribution in [1.29, 1.82) is 0 Å². The highest BCUT2D eigenvalue weighted by atomic mass is 32.2. The lowest BCUT2D eigenvalue weighted by Crippen LogP contribution is -2.38. The van der Waals surface area contributed by atoms with Crippen LogP contribution in [0, 0.1) is 5.92 Å². The first-order valence-electron chi connectivity index (χ1n) is 9.71. The van der Waals surface area contributed by atoms with Crippen LogP contribution in [0.1, 0.15) is 20.8 Å². The third-order valence-corrected chi connectivity index (χ3v) is 5.69. The number of rotatable bonds is 8. The van der Waals surface area contributed by atoms with Crippen LogP contribution in [-0.2, 0) is 14.8 Å². The molecule has 0 bridgehead atoms. The highest BCUT2D eigenvalue weighted by Gasteiger charge is 2.19. The SMILES string of the molecule is CC(C)CNC(=O)[C@H](C)Oc1ccc(S(=O)(=O)Nc2ccc3c(c2)OCCO3)cc1. The summed E-state index contributed by atoms with van der Waals surface area (Å²) in [5, 5.41) is 2.80. The summed E-state index contributed by atoms with van der Waals surface area (Å²) in [4.78, 5) is 12.1. The van der Waals surface area contributed by atoms with Gasteiger partial charge in [0.1, 0.15) is 19.0 Å². The van der Waals surface area contributed by atoms with E-state index in [-0.39, 0.29) is 10.8 Å². The Labute approximate surface area is 176 Å². The molecule has 0 aliphatic carbocycles. The molecule has 3 rings (SSSR count). The predicted molar refractivity (Wildman–Crippen MR) is 113 cm³/mol. The second-order valence-electron chi connectivity index (χ2n) is 7.33. The van der Waals surface area contributed by atoms with Gasteiger partial charge in [0.05, 0.1) is 10.6 Å². The molecule has 0 spiro atoms. The van der Waals surface area contributed by atoms with Gasteiger partial charge in [-0.05, 0) is 49.2 Å². The lowest BCUT2D eigenvalue weighted by Gasteiger charge is -2.19. The molecular formula is C21H26N2O6S. The molecule has 162 valence electrons. The molecule has 2 N–H and O–H groups in total. The number of anilines is 1. The Morgan fingerprint density at radius 3 is 2.37 bits per heavy atom. The fourth-order valence-electron chi connectivity index (χ4n) is 2.72. The molecule has 2 aromatic carbocycles. The van der Waals surface area contributed by atoms with Crippen molar-refractivity contribution in [2.24, 2.45) is 5.92 Å². The Balaban J connectivity index is 1.64. The van der Waals surface area contributed by atoms with Gasteiger partial charge in [0.15, 0.2) is 17.6 Å². The first-order valence-corrected chi connectivity index (χ1v) is 11.2. The largest absolute Gasteiger partial charge is 0.486 e. The van der Waals surface area contributed by atoms with Gasteiger partial charge in [-0.3, -0.25) is 9.52 Å². The van der Waals surface area contributed by atoms with Crippen molar-refractivity contribution in [3.63, 3.8) is 0 Å². The van der Waals surface area contributed by atoms with Crippen molar-refractivity contribution in [3.05, 3.63) is 42.5 Å². The Bertz CT molecular complexity index is 989. The third kappa shape index (κ3) is 5.56. The van der Waals surface area contributed by atoms with E-state index in [2.05, 4.69) is 10.0 Å².